The lowest BCUT2D eigenvalue weighted by molar-refractivity contribution is 0.724. The summed E-state index contributed by atoms with van der Waals surface area (Å²) in [5, 5.41) is 6.57. The number of rotatable bonds is 4. The highest BCUT2D eigenvalue weighted by molar-refractivity contribution is 7.20. The fraction of sp³-hybridized carbons (Fsp3) is 0.102. The first-order valence-corrected chi connectivity index (χ1v) is 19.3. The maximum atomic E-state index is 2.46. The van der Waals surface area contributed by atoms with E-state index in [1.165, 1.54) is 97.8 Å². The van der Waals surface area contributed by atoms with Crippen LogP contribution in [0.5, 0.6) is 0 Å². The molecule has 3 heterocycles. The van der Waals surface area contributed by atoms with Crippen molar-refractivity contribution < 1.29 is 0 Å². The fourth-order valence-corrected chi connectivity index (χ4v) is 9.93. The molecule has 0 N–H and O–H groups in total. The number of aromatic nitrogens is 2. The fourth-order valence-electron chi connectivity index (χ4n) is 8.81. The van der Waals surface area contributed by atoms with Crippen LogP contribution in [0.4, 0.5) is 0 Å². The molecule has 0 spiro atoms. The maximum absolute atomic E-state index is 2.46. The molecule has 2 aliphatic carbocycles. The molecule has 0 amide bonds. The Morgan fingerprint density at radius 3 is 1.88 bits per heavy atom. The third kappa shape index (κ3) is 4.56. The molecule has 6 aromatic carbocycles. The van der Waals surface area contributed by atoms with Crippen molar-refractivity contribution in [2.24, 2.45) is 5.92 Å². The van der Waals surface area contributed by atoms with E-state index in [0.717, 1.165) is 19.3 Å². The lowest BCUT2D eigenvalue weighted by atomic mass is 9.92. The van der Waals surface area contributed by atoms with Crippen LogP contribution >= 0.6 is 11.3 Å². The molecule has 1 atom stereocenters. The molecule has 0 radical (unpaired) electrons. The first-order chi connectivity index (χ1) is 25.7. The Balaban J connectivity index is 1.00. The minimum atomic E-state index is 0.592. The van der Waals surface area contributed by atoms with Gasteiger partial charge in [-0.3, -0.25) is 0 Å². The quantitative estimate of drug-likeness (QED) is 0.175. The van der Waals surface area contributed by atoms with Crippen molar-refractivity contribution in [3.63, 3.8) is 0 Å². The number of thiophene rings is 1. The summed E-state index contributed by atoms with van der Waals surface area (Å²) in [6.45, 7) is 2.31. The maximum Gasteiger partial charge on any atom is 0.0541 e. The molecule has 0 saturated carbocycles. The summed E-state index contributed by atoms with van der Waals surface area (Å²) in [6, 6.07) is 47.9. The van der Waals surface area contributed by atoms with Gasteiger partial charge in [-0.15, -0.1) is 11.3 Å². The van der Waals surface area contributed by atoms with Gasteiger partial charge in [-0.05, 0) is 131 Å². The van der Waals surface area contributed by atoms with Crippen molar-refractivity contribution >= 4 is 76.8 Å². The second kappa shape index (κ2) is 11.6. The molecule has 3 heteroatoms. The van der Waals surface area contributed by atoms with Gasteiger partial charge in [-0.1, -0.05) is 91.9 Å². The van der Waals surface area contributed by atoms with E-state index in [4.69, 9.17) is 0 Å². The van der Waals surface area contributed by atoms with Gasteiger partial charge in [0.1, 0.15) is 0 Å². The molecule has 248 valence electrons. The number of hydrogen-bond donors (Lipinski definition) is 0. The minimum absolute atomic E-state index is 0.592. The first kappa shape index (κ1) is 29.8. The highest BCUT2D eigenvalue weighted by Crippen LogP contribution is 2.41. The zero-order valence-electron chi connectivity index (χ0n) is 29.0. The molecule has 52 heavy (non-hydrogen) atoms. The Kier molecular flexibility index (Phi) is 6.62. The number of benzene rings is 6. The summed E-state index contributed by atoms with van der Waals surface area (Å²) in [4.78, 5) is 1.42. The van der Waals surface area contributed by atoms with Crippen LogP contribution in [0, 0.1) is 5.92 Å². The zero-order chi connectivity index (χ0) is 34.3. The van der Waals surface area contributed by atoms with Crippen LogP contribution in [0.1, 0.15) is 30.2 Å². The second-order valence-corrected chi connectivity index (χ2v) is 15.6. The summed E-state index contributed by atoms with van der Waals surface area (Å²) in [5.74, 6) is 0.592. The van der Waals surface area contributed by atoms with E-state index < -0.39 is 0 Å². The third-order valence-corrected chi connectivity index (χ3v) is 12.5. The van der Waals surface area contributed by atoms with Gasteiger partial charge in [0.05, 0.1) is 22.1 Å². The normalized spacial score (nSPS) is 15.7. The van der Waals surface area contributed by atoms with Crippen LogP contribution < -0.4 is 0 Å². The van der Waals surface area contributed by atoms with Gasteiger partial charge in [-0.2, -0.15) is 0 Å². The summed E-state index contributed by atoms with van der Waals surface area (Å²) >= 11 is 1.92. The second-order valence-electron chi connectivity index (χ2n) is 14.5. The molecule has 0 fully saturated rings. The van der Waals surface area contributed by atoms with Gasteiger partial charge in [-0.25, -0.2) is 0 Å². The van der Waals surface area contributed by atoms with Gasteiger partial charge in [0.25, 0.3) is 0 Å². The van der Waals surface area contributed by atoms with Crippen LogP contribution in [-0.4, -0.2) is 9.13 Å². The molecule has 11 rings (SSSR count). The number of hydrogen-bond acceptors (Lipinski definition) is 1. The lowest BCUT2D eigenvalue weighted by Crippen LogP contribution is -2.00. The predicted octanol–water partition coefficient (Wildman–Crippen LogP) is 13.8. The molecule has 2 aliphatic rings. The Morgan fingerprint density at radius 1 is 0.577 bits per heavy atom. The van der Waals surface area contributed by atoms with Gasteiger partial charge in [0.2, 0.25) is 0 Å². The summed E-state index contributed by atoms with van der Waals surface area (Å²) in [7, 11) is 0. The highest BCUT2D eigenvalue weighted by atomic mass is 32.1. The van der Waals surface area contributed by atoms with Crippen molar-refractivity contribution in [3.05, 3.63) is 162 Å². The summed E-state index contributed by atoms with van der Waals surface area (Å²) in [6.07, 6.45) is 14.7. The molecule has 2 nitrogen and oxygen atoms in total. The van der Waals surface area contributed by atoms with E-state index in [1.807, 2.05) is 11.3 Å². The van der Waals surface area contributed by atoms with Gasteiger partial charge in [0, 0.05) is 42.5 Å². The standard InChI is InChI=1S/C49H36N2S/c1-31-15-25-48-42(27-31)43-30-33(20-26-49(43)52-48)32-16-21-37(22-17-32)51-45-14-8-6-12-39(45)41-29-35(19-24-47(41)51)34-18-23-46-40(28-34)38-11-5-7-13-44(38)50(46)36-9-3-2-4-10-36/h2-3,5-9,11-26,28-31H,4,10,27H2,1H3. The van der Waals surface area contributed by atoms with E-state index >= 15 is 0 Å². The third-order valence-electron chi connectivity index (χ3n) is 11.3. The lowest BCUT2D eigenvalue weighted by Gasteiger charge is -2.14. The van der Waals surface area contributed by atoms with E-state index in [0.29, 0.717) is 5.92 Å². The Labute approximate surface area is 306 Å². The van der Waals surface area contributed by atoms with Gasteiger partial charge in [0.15, 0.2) is 0 Å². The SMILES string of the molecule is CC1C=Cc2sc3ccc(-c4ccc(-n5c6ccccc6c6cc(-c7ccc8c(c7)c7ccccc7n8C7=CC=CCC7)ccc65)cc4)cc3c2C1. The highest BCUT2D eigenvalue weighted by Gasteiger charge is 2.19. The Bertz CT molecular complexity index is 2990. The molecule has 1 unspecified atom stereocenters. The minimum Gasteiger partial charge on any atom is -0.313 e. The monoisotopic (exact) mass is 684 g/mol. The smallest absolute Gasteiger partial charge is 0.0541 e. The van der Waals surface area contributed by atoms with Crippen LogP contribution in [0.15, 0.2) is 152 Å². The predicted molar refractivity (Wildman–Crippen MR) is 225 cm³/mol. The molecule has 3 aromatic heterocycles. The van der Waals surface area contributed by atoms with Crippen LogP contribution in [0.3, 0.4) is 0 Å². The Hall–Kier alpha value is -5.90. The molecule has 9 aromatic rings. The van der Waals surface area contributed by atoms with E-state index in [9.17, 15) is 0 Å². The topological polar surface area (TPSA) is 9.86 Å². The summed E-state index contributed by atoms with van der Waals surface area (Å²) < 4.78 is 6.27. The molecular formula is C49H36N2S. The van der Waals surface area contributed by atoms with E-state index in [1.54, 1.807) is 0 Å². The van der Waals surface area contributed by atoms with Crippen LogP contribution in [0.2, 0.25) is 0 Å². The van der Waals surface area contributed by atoms with Crippen molar-refractivity contribution in [2.75, 3.05) is 0 Å². The number of nitrogens with zero attached hydrogens (tertiary/aromatic N) is 2. The number of para-hydroxylation sites is 2. The van der Waals surface area contributed by atoms with E-state index in [2.05, 4.69) is 174 Å². The van der Waals surface area contributed by atoms with Gasteiger partial charge < -0.3 is 9.13 Å². The van der Waals surface area contributed by atoms with Crippen molar-refractivity contribution in [1.82, 2.24) is 9.13 Å². The van der Waals surface area contributed by atoms with Crippen molar-refractivity contribution in [1.29, 1.82) is 0 Å². The number of fused-ring (bicyclic) bond motifs is 9. The van der Waals surface area contributed by atoms with Crippen LogP contribution in [0.25, 0.3) is 93.4 Å². The zero-order valence-corrected chi connectivity index (χ0v) is 29.8. The van der Waals surface area contributed by atoms with Crippen molar-refractivity contribution in [3.8, 4) is 27.9 Å². The average Bonchev–Trinajstić information content (AvgIpc) is 3.85. The molecule has 0 saturated heterocycles. The Morgan fingerprint density at radius 2 is 1.17 bits per heavy atom. The molecule has 0 aliphatic heterocycles. The molecular weight excluding hydrogens is 649 g/mol. The largest absolute Gasteiger partial charge is 0.313 e. The molecule has 0 bridgehead atoms. The first-order valence-electron chi connectivity index (χ1n) is 18.5. The summed E-state index contributed by atoms with van der Waals surface area (Å²) in [5.41, 5.74) is 14.1. The number of allylic oxidation sites excluding steroid dienone is 5. The van der Waals surface area contributed by atoms with Crippen molar-refractivity contribution in [2.45, 2.75) is 26.2 Å². The van der Waals surface area contributed by atoms with E-state index in [-0.39, 0.29) is 0 Å². The van der Waals surface area contributed by atoms with Gasteiger partial charge >= 0.3 is 0 Å². The van der Waals surface area contributed by atoms with Crippen LogP contribution in [-0.2, 0) is 6.42 Å². The average molecular weight is 685 g/mol.